The Morgan fingerprint density at radius 1 is 1.20 bits per heavy atom. The highest BCUT2D eigenvalue weighted by Gasteiger charge is 2.16. The molecular weight excluding hydrogens is 253 g/mol. The van der Waals surface area contributed by atoms with Crippen LogP contribution in [0.25, 0.3) is 0 Å². The second-order valence-electron chi connectivity index (χ2n) is 4.86. The van der Waals surface area contributed by atoms with E-state index in [-0.39, 0.29) is 11.9 Å². The van der Waals surface area contributed by atoms with Crippen molar-refractivity contribution in [2.24, 2.45) is 0 Å². The van der Waals surface area contributed by atoms with E-state index in [9.17, 15) is 4.39 Å². The Balaban J connectivity index is 2.33. The Morgan fingerprint density at radius 2 is 1.95 bits per heavy atom. The monoisotopic (exact) mass is 273 g/mol. The van der Waals surface area contributed by atoms with Gasteiger partial charge in [-0.2, -0.15) is 0 Å². The van der Waals surface area contributed by atoms with Gasteiger partial charge in [0.05, 0.1) is 7.11 Å². The number of hydrogen-bond donors (Lipinski definition) is 1. The van der Waals surface area contributed by atoms with Crippen LogP contribution >= 0.6 is 0 Å². The zero-order valence-corrected chi connectivity index (χ0v) is 12.1. The van der Waals surface area contributed by atoms with Crippen molar-refractivity contribution in [1.29, 1.82) is 0 Å². The van der Waals surface area contributed by atoms with Crippen LogP contribution in [-0.4, -0.2) is 14.2 Å². The molecule has 20 heavy (non-hydrogen) atoms. The summed E-state index contributed by atoms with van der Waals surface area (Å²) >= 11 is 0. The average molecular weight is 273 g/mol. The van der Waals surface area contributed by atoms with Crippen LogP contribution in [0, 0.1) is 12.7 Å². The molecule has 0 aliphatic heterocycles. The molecule has 0 saturated carbocycles. The van der Waals surface area contributed by atoms with Crippen LogP contribution in [-0.2, 0) is 6.42 Å². The van der Waals surface area contributed by atoms with Gasteiger partial charge in [0.25, 0.3) is 0 Å². The van der Waals surface area contributed by atoms with E-state index in [0.717, 1.165) is 12.0 Å². The SMILES string of the molecule is CNC(Cc1ccccc1C)c1cc(F)ccc1OC. The van der Waals surface area contributed by atoms with Crippen LogP contribution in [0.15, 0.2) is 42.5 Å². The van der Waals surface area contributed by atoms with E-state index in [0.29, 0.717) is 5.75 Å². The summed E-state index contributed by atoms with van der Waals surface area (Å²) in [6, 6.07) is 12.9. The van der Waals surface area contributed by atoms with Crippen LogP contribution in [0.4, 0.5) is 4.39 Å². The van der Waals surface area contributed by atoms with Crippen molar-refractivity contribution in [3.63, 3.8) is 0 Å². The summed E-state index contributed by atoms with van der Waals surface area (Å²) in [6.45, 7) is 2.09. The minimum Gasteiger partial charge on any atom is -0.496 e. The van der Waals surface area contributed by atoms with Gasteiger partial charge in [-0.1, -0.05) is 24.3 Å². The van der Waals surface area contributed by atoms with Crippen molar-refractivity contribution < 1.29 is 9.13 Å². The first-order valence-electron chi connectivity index (χ1n) is 6.71. The third-order valence-electron chi connectivity index (χ3n) is 3.60. The van der Waals surface area contributed by atoms with Gasteiger partial charge >= 0.3 is 0 Å². The molecule has 0 spiro atoms. The minimum absolute atomic E-state index is 0.0155. The summed E-state index contributed by atoms with van der Waals surface area (Å²) in [6.07, 6.45) is 0.795. The number of likely N-dealkylation sites (N-methyl/N-ethyl adjacent to an activating group) is 1. The summed E-state index contributed by atoms with van der Waals surface area (Å²) in [4.78, 5) is 0. The number of benzene rings is 2. The highest BCUT2D eigenvalue weighted by Crippen LogP contribution is 2.29. The lowest BCUT2D eigenvalue weighted by Gasteiger charge is -2.20. The van der Waals surface area contributed by atoms with E-state index in [1.165, 1.54) is 23.3 Å². The fourth-order valence-corrected chi connectivity index (χ4v) is 2.40. The van der Waals surface area contributed by atoms with Crippen LogP contribution in [0.5, 0.6) is 5.75 Å². The average Bonchev–Trinajstić information content (AvgIpc) is 2.46. The molecule has 0 aliphatic rings. The lowest BCUT2D eigenvalue weighted by atomic mass is 9.95. The molecule has 2 nitrogen and oxygen atoms in total. The van der Waals surface area contributed by atoms with Gasteiger partial charge in [-0.05, 0) is 49.7 Å². The minimum atomic E-state index is -0.245. The van der Waals surface area contributed by atoms with Crippen molar-refractivity contribution in [1.82, 2.24) is 5.32 Å². The predicted octanol–water partition coefficient (Wildman–Crippen LogP) is 3.65. The molecule has 2 rings (SSSR count). The molecule has 3 heteroatoms. The Bertz CT molecular complexity index is 583. The predicted molar refractivity (Wildman–Crippen MR) is 79.6 cm³/mol. The maximum absolute atomic E-state index is 13.5. The van der Waals surface area contributed by atoms with Crippen LogP contribution in [0.1, 0.15) is 22.7 Å². The molecule has 0 aliphatic carbocycles. The molecule has 0 fully saturated rings. The maximum atomic E-state index is 13.5. The zero-order chi connectivity index (χ0) is 14.5. The summed E-state index contributed by atoms with van der Waals surface area (Å²) < 4.78 is 18.9. The fourth-order valence-electron chi connectivity index (χ4n) is 2.40. The number of halogens is 1. The number of methoxy groups -OCH3 is 1. The third kappa shape index (κ3) is 3.17. The van der Waals surface area contributed by atoms with Crippen LogP contribution < -0.4 is 10.1 Å². The van der Waals surface area contributed by atoms with Gasteiger partial charge < -0.3 is 10.1 Å². The molecular formula is C17H20FNO. The summed E-state index contributed by atoms with van der Waals surface area (Å²) in [5.74, 6) is 0.463. The van der Waals surface area contributed by atoms with E-state index in [4.69, 9.17) is 4.74 Å². The second kappa shape index (κ2) is 6.53. The number of hydrogen-bond acceptors (Lipinski definition) is 2. The number of nitrogens with one attached hydrogen (secondary N) is 1. The zero-order valence-electron chi connectivity index (χ0n) is 12.1. The number of ether oxygens (including phenoxy) is 1. The molecule has 0 aromatic heterocycles. The summed E-state index contributed by atoms with van der Waals surface area (Å²) in [7, 11) is 3.49. The van der Waals surface area contributed by atoms with Crippen molar-refractivity contribution in [3.05, 3.63) is 65.0 Å². The number of rotatable bonds is 5. The highest BCUT2D eigenvalue weighted by molar-refractivity contribution is 5.38. The highest BCUT2D eigenvalue weighted by atomic mass is 19.1. The van der Waals surface area contributed by atoms with Gasteiger partial charge in [-0.3, -0.25) is 0 Å². The van der Waals surface area contributed by atoms with E-state index in [1.807, 2.05) is 19.2 Å². The molecule has 1 unspecified atom stereocenters. The lowest BCUT2D eigenvalue weighted by Crippen LogP contribution is -2.20. The standard InChI is InChI=1S/C17H20FNO/c1-12-6-4-5-7-13(12)10-16(19-2)15-11-14(18)8-9-17(15)20-3/h4-9,11,16,19H,10H2,1-3H3. The first-order valence-corrected chi connectivity index (χ1v) is 6.71. The Labute approximate surface area is 119 Å². The van der Waals surface area contributed by atoms with Crippen LogP contribution in [0.3, 0.4) is 0 Å². The van der Waals surface area contributed by atoms with Crippen molar-refractivity contribution in [2.75, 3.05) is 14.2 Å². The molecule has 2 aromatic rings. The molecule has 1 N–H and O–H groups in total. The van der Waals surface area contributed by atoms with E-state index < -0.39 is 0 Å². The summed E-state index contributed by atoms with van der Waals surface area (Å²) in [5.41, 5.74) is 3.33. The fraction of sp³-hybridized carbons (Fsp3) is 0.294. The van der Waals surface area contributed by atoms with Crippen molar-refractivity contribution >= 4 is 0 Å². The van der Waals surface area contributed by atoms with Crippen molar-refractivity contribution in [2.45, 2.75) is 19.4 Å². The van der Waals surface area contributed by atoms with Crippen LogP contribution in [0.2, 0.25) is 0 Å². The van der Waals surface area contributed by atoms with E-state index >= 15 is 0 Å². The normalized spacial score (nSPS) is 12.2. The Morgan fingerprint density at radius 3 is 2.60 bits per heavy atom. The van der Waals surface area contributed by atoms with Gasteiger partial charge in [0.15, 0.2) is 0 Å². The lowest BCUT2D eigenvalue weighted by molar-refractivity contribution is 0.399. The van der Waals surface area contributed by atoms with Gasteiger partial charge in [0.1, 0.15) is 11.6 Å². The Hall–Kier alpha value is -1.87. The van der Waals surface area contributed by atoms with Gasteiger partial charge in [-0.15, -0.1) is 0 Å². The third-order valence-corrected chi connectivity index (χ3v) is 3.60. The molecule has 0 saturated heterocycles. The topological polar surface area (TPSA) is 21.3 Å². The van der Waals surface area contributed by atoms with Crippen molar-refractivity contribution in [3.8, 4) is 5.75 Å². The van der Waals surface area contributed by atoms with E-state index in [2.05, 4.69) is 24.4 Å². The molecule has 2 aromatic carbocycles. The maximum Gasteiger partial charge on any atom is 0.123 e. The quantitative estimate of drug-likeness (QED) is 0.898. The molecule has 0 amide bonds. The number of aryl methyl sites for hydroxylation is 1. The molecule has 0 radical (unpaired) electrons. The molecule has 106 valence electrons. The largest absolute Gasteiger partial charge is 0.496 e. The molecule has 0 heterocycles. The summed E-state index contributed by atoms with van der Waals surface area (Å²) in [5, 5.41) is 3.25. The smallest absolute Gasteiger partial charge is 0.123 e. The van der Waals surface area contributed by atoms with Gasteiger partial charge in [0.2, 0.25) is 0 Å². The second-order valence-corrected chi connectivity index (χ2v) is 4.86. The van der Waals surface area contributed by atoms with Gasteiger partial charge in [-0.25, -0.2) is 4.39 Å². The molecule has 1 atom stereocenters. The van der Waals surface area contributed by atoms with Gasteiger partial charge in [0, 0.05) is 11.6 Å². The molecule has 0 bridgehead atoms. The first kappa shape index (κ1) is 14.5. The first-order chi connectivity index (χ1) is 9.65. The Kier molecular flexibility index (Phi) is 4.74. The van der Waals surface area contributed by atoms with E-state index in [1.54, 1.807) is 13.2 Å².